The van der Waals surface area contributed by atoms with Crippen LogP contribution in [0.3, 0.4) is 0 Å². The fraction of sp³-hybridized carbons (Fsp3) is 0.200. The number of aliphatic hydroxyl groups excluding tert-OH is 1. The molecule has 0 aliphatic carbocycles. The maximum Gasteiger partial charge on any atom is 0.416 e. The second-order valence-electron chi connectivity index (χ2n) is 9.46. The van der Waals surface area contributed by atoms with E-state index in [9.17, 15) is 18.3 Å². The molecule has 5 rings (SSSR count). The molecule has 0 bridgehead atoms. The third-order valence-corrected chi connectivity index (χ3v) is 7.47. The van der Waals surface area contributed by atoms with Crippen LogP contribution in [0.1, 0.15) is 35.4 Å². The van der Waals surface area contributed by atoms with Gasteiger partial charge < -0.3 is 15.7 Å². The highest BCUT2D eigenvalue weighted by Crippen LogP contribution is 2.36. The molecule has 40 heavy (non-hydrogen) atoms. The first-order valence-electron chi connectivity index (χ1n) is 12.6. The van der Waals surface area contributed by atoms with E-state index in [2.05, 4.69) is 0 Å². The number of halogens is 5. The summed E-state index contributed by atoms with van der Waals surface area (Å²) in [6.45, 7) is 0.602. The largest absolute Gasteiger partial charge is 0.416 e. The van der Waals surface area contributed by atoms with Crippen molar-refractivity contribution < 1.29 is 18.3 Å². The Bertz CT molecular complexity index is 1540. The zero-order chi connectivity index (χ0) is 28.4. The van der Waals surface area contributed by atoms with Gasteiger partial charge in [0.2, 0.25) is 0 Å². The molecule has 3 N–H and O–H groups in total. The van der Waals surface area contributed by atoms with E-state index in [1.54, 1.807) is 48.5 Å². The molecule has 1 unspecified atom stereocenters. The van der Waals surface area contributed by atoms with Crippen LogP contribution in [0.25, 0.3) is 22.5 Å². The monoisotopic (exact) mass is 584 g/mol. The van der Waals surface area contributed by atoms with Gasteiger partial charge in [-0.25, -0.2) is 9.97 Å². The first-order chi connectivity index (χ1) is 19.2. The van der Waals surface area contributed by atoms with Gasteiger partial charge in [0.1, 0.15) is 5.82 Å². The highest BCUT2D eigenvalue weighted by atomic mass is 35.5. The van der Waals surface area contributed by atoms with Gasteiger partial charge in [-0.15, -0.1) is 0 Å². The highest BCUT2D eigenvalue weighted by Gasteiger charge is 2.31. The molecule has 0 spiro atoms. The average molecular weight is 585 g/mol. The SMILES string of the molecule is NC(=C(c1ccc(Cl)cc1)c1nc(-c2ccc(C(F)(F)F)cc2)cc(N2CCCC2CO)n1)c1ccccc1Cl. The topological polar surface area (TPSA) is 75.3 Å². The van der Waals surface area contributed by atoms with Crippen LogP contribution in [-0.4, -0.2) is 34.3 Å². The van der Waals surface area contributed by atoms with Crippen LogP contribution in [0, 0.1) is 0 Å². The first-order valence-corrected chi connectivity index (χ1v) is 13.4. The first kappa shape index (κ1) is 28.0. The number of rotatable bonds is 6. The summed E-state index contributed by atoms with van der Waals surface area (Å²) in [6, 6.07) is 20.6. The molecule has 1 atom stereocenters. The third-order valence-electron chi connectivity index (χ3n) is 6.89. The normalized spacial score (nSPS) is 16.2. The number of nitrogens with two attached hydrogens (primary N) is 1. The lowest BCUT2D eigenvalue weighted by molar-refractivity contribution is -0.137. The molecule has 0 radical (unpaired) electrons. The number of hydrogen-bond donors (Lipinski definition) is 2. The summed E-state index contributed by atoms with van der Waals surface area (Å²) in [6.07, 6.45) is -2.81. The van der Waals surface area contributed by atoms with Crippen LogP contribution in [0.4, 0.5) is 19.0 Å². The number of anilines is 1. The smallest absolute Gasteiger partial charge is 0.398 e. The fourth-order valence-electron chi connectivity index (χ4n) is 4.83. The van der Waals surface area contributed by atoms with E-state index >= 15 is 0 Å². The van der Waals surface area contributed by atoms with E-state index in [-0.39, 0.29) is 18.5 Å². The van der Waals surface area contributed by atoms with Gasteiger partial charge in [-0.1, -0.05) is 65.7 Å². The van der Waals surface area contributed by atoms with Gasteiger partial charge >= 0.3 is 6.18 Å². The summed E-state index contributed by atoms with van der Waals surface area (Å²) in [5.41, 5.74) is 8.96. The van der Waals surface area contributed by atoms with E-state index in [4.69, 9.17) is 38.9 Å². The van der Waals surface area contributed by atoms with Crippen molar-refractivity contribution in [1.29, 1.82) is 0 Å². The number of nitrogens with zero attached hydrogens (tertiary/aromatic N) is 3. The molecule has 4 aromatic rings. The van der Waals surface area contributed by atoms with Gasteiger partial charge in [0, 0.05) is 33.8 Å². The lowest BCUT2D eigenvalue weighted by Gasteiger charge is -2.25. The van der Waals surface area contributed by atoms with Crippen LogP contribution in [-0.2, 0) is 6.18 Å². The van der Waals surface area contributed by atoms with Gasteiger partial charge in [0.15, 0.2) is 5.82 Å². The molecular formula is C30H25Cl2F3N4O. The van der Waals surface area contributed by atoms with Crippen LogP contribution in [0.15, 0.2) is 78.9 Å². The molecule has 2 heterocycles. The maximum absolute atomic E-state index is 13.2. The standard InChI is InChI=1S/C30H25Cl2F3N4O/c31-21-13-9-19(10-14-21)27(28(36)23-5-1-2-6-24(23)32)29-37-25(18-7-11-20(12-8-18)30(33,34)35)16-26(38-29)39-15-3-4-22(39)17-40/h1-2,5-14,16,22,40H,3-4,15,17,36H2. The van der Waals surface area contributed by atoms with E-state index in [1.807, 2.05) is 11.0 Å². The van der Waals surface area contributed by atoms with E-state index in [0.717, 1.165) is 25.0 Å². The molecule has 1 aliphatic heterocycles. The van der Waals surface area contributed by atoms with Crippen LogP contribution < -0.4 is 10.6 Å². The minimum atomic E-state index is -4.46. The lowest BCUT2D eigenvalue weighted by atomic mass is 9.98. The molecule has 0 saturated carbocycles. The highest BCUT2D eigenvalue weighted by molar-refractivity contribution is 6.32. The predicted molar refractivity (Wildman–Crippen MR) is 153 cm³/mol. The molecule has 3 aromatic carbocycles. The molecule has 5 nitrogen and oxygen atoms in total. The summed E-state index contributed by atoms with van der Waals surface area (Å²) >= 11 is 12.7. The number of alkyl halides is 3. The lowest BCUT2D eigenvalue weighted by Crippen LogP contribution is -2.33. The maximum atomic E-state index is 13.2. The second kappa shape index (κ2) is 11.5. The van der Waals surface area contributed by atoms with Crippen LogP contribution in [0.2, 0.25) is 10.0 Å². The summed E-state index contributed by atoms with van der Waals surface area (Å²) in [7, 11) is 0. The molecule has 1 aliphatic rings. The van der Waals surface area contributed by atoms with Gasteiger partial charge in [0.25, 0.3) is 0 Å². The van der Waals surface area contributed by atoms with Crippen molar-refractivity contribution in [3.8, 4) is 11.3 Å². The quantitative estimate of drug-likeness (QED) is 0.232. The predicted octanol–water partition coefficient (Wildman–Crippen LogP) is 7.31. The molecule has 0 amide bonds. The van der Waals surface area contributed by atoms with Crippen molar-refractivity contribution in [1.82, 2.24) is 9.97 Å². The average Bonchev–Trinajstić information content (AvgIpc) is 3.43. The fourth-order valence-corrected chi connectivity index (χ4v) is 5.20. The van der Waals surface area contributed by atoms with Crippen LogP contribution >= 0.6 is 23.2 Å². The Hall–Kier alpha value is -3.59. The van der Waals surface area contributed by atoms with Crippen molar-refractivity contribution >= 4 is 40.3 Å². The summed E-state index contributed by atoms with van der Waals surface area (Å²) in [5.74, 6) is 0.797. The summed E-state index contributed by atoms with van der Waals surface area (Å²) < 4.78 is 39.7. The Labute approximate surface area is 239 Å². The molecule has 1 aromatic heterocycles. The van der Waals surface area contributed by atoms with Crippen LogP contribution in [0.5, 0.6) is 0 Å². The number of aromatic nitrogens is 2. The zero-order valence-corrected chi connectivity index (χ0v) is 22.7. The number of benzene rings is 3. The molecule has 1 saturated heterocycles. The van der Waals surface area contributed by atoms with E-state index in [0.29, 0.717) is 56.1 Å². The Morgan fingerprint density at radius 3 is 2.33 bits per heavy atom. The van der Waals surface area contributed by atoms with E-state index in [1.165, 1.54) is 12.1 Å². The third kappa shape index (κ3) is 5.80. The summed E-state index contributed by atoms with van der Waals surface area (Å²) in [5, 5.41) is 11.0. The van der Waals surface area contributed by atoms with Crippen molar-refractivity contribution in [2.45, 2.75) is 25.1 Å². The van der Waals surface area contributed by atoms with Gasteiger partial charge in [-0.2, -0.15) is 13.2 Å². The molecular weight excluding hydrogens is 560 g/mol. The van der Waals surface area contributed by atoms with Crippen molar-refractivity contribution in [3.63, 3.8) is 0 Å². The van der Waals surface area contributed by atoms with Crippen molar-refractivity contribution in [2.75, 3.05) is 18.1 Å². The summed E-state index contributed by atoms with van der Waals surface area (Å²) in [4.78, 5) is 11.7. The molecule has 206 valence electrons. The van der Waals surface area contributed by atoms with Crippen molar-refractivity contribution in [3.05, 3.63) is 111 Å². The number of aliphatic hydroxyl groups is 1. The van der Waals surface area contributed by atoms with Crippen molar-refractivity contribution in [2.24, 2.45) is 5.73 Å². The minimum absolute atomic E-state index is 0.0589. The Kier molecular flexibility index (Phi) is 8.03. The zero-order valence-electron chi connectivity index (χ0n) is 21.2. The van der Waals surface area contributed by atoms with Gasteiger partial charge in [-0.3, -0.25) is 0 Å². The molecule has 1 fully saturated rings. The van der Waals surface area contributed by atoms with Gasteiger partial charge in [0.05, 0.1) is 35.2 Å². The Morgan fingerprint density at radius 2 is 1.68 bits per heavy atom. The number of hydrogen-bond acceptors (Lipinski definition) is 5. The van der Waals surface area contributed by atoms with Gasteiger partial charge in [-0.05, 0) is 48.7 Å². The minimum Gasteiger partial charge on any atom is -0.398 e. The molecule has 10 heteroatoms. The Balaban J connectivity index is 1.75. The van der Waals surface area contributed by atoms with E-state index < -0.39 is 11.7 Å². The second-order valence-corrected chi connectivity index (χ2v) is 10.3. The Morgan fingerprint density at radius 1 is 0.975 bits per heavy atom.